The van der Waals surface area contributed by atoms with E-state index < -0.39 is 6.04 Å². The fraction of sp³-hybridized carbons (Fsp3) is 0.667. The number of amides is 2. The largest absolute Gasteiger partial charge is 0.467 e. The van der Waals surface area contributed by atoms with Crippen LogP contribution in [0.3, 0.4) is 0 Å². The zero-order valence-electron chi connectivity index (χ0n) is 15.1. The first-order valence-electron chi connectivity index (χ1n) is 8.88. The second-order valence-electron chi connectivity index (χ2n) is 6.03. The van der Waals surface area contributed by atoms with Gasteiger partial charge in [-0.25, -0.2) is 0 Å². The number of hydrogen-bond acceptors (Lipinski definition) is 4. The van der Waals surface area contributed by atoms with Crippen LogP contribution in [-0.4, -0.2) is 42.4 Å². The van der Waals surface area contributed by atoms with Crippen LogP contribution in [0, 0.1) is 0 Å². The third kappa shape index (κ3) is 8.15. The number of hydrogen-bond donors (Lipinski definition) is 2. The summed E-state index contributed by atoms with van der Waals surface area (Å²) in [5, 5.41) is 5.49. The lowest BCUT2D eigenvalue weighted by molar-refractivity contribution is -0.128. The Morgan fingerprint density at radius 3 is 2.50 bits per heavy atom. The SMILES string of the molecule is CCCN(CCC)CCCC(=O)N[C@H](C)C(=O)NCc1ccco1. The van der Waals surface area contributed by atoms with Crippen LogP contribution in [0.1, 0.15) is 52.2 Å². The van der Waals surface area contributed by atoms with Crippen molar-refractivity contribution in [2.24, 2.45) is 0 Å². The standard InChI is InChI=1S/C18H31N3O3/c1-4-10-21(11-5-2)12-6-9-17(22)20-15(3)18(23)19-14-16-8-7-13-24-16/h7-8,13,15H,4-6,9-12,14H2,1-3H3,(H,19,23)(H,20,22)/t15-/m1/s1. The second-order valence-corrected chi connectivity index (χ2v) is 6.03. The van der Waals surface area contributed by atoms with Gasteiger partial charge in [-0.1, -0.05) is 13.8 Å². The van der Waals surface area contributed by atoms with Gasteiger partial charge in [-0.05, 0) is 58.0 Å². The van der Waals surface area contributed by atoms with Gasteiger partial charge in [-0.2, -0.15) is 0 Å². The van der Waals surface area contributed by atoms with Crippen LogP contribution in [0.4, 0.5) is 0 Å². The molecule has 0 bridgehead atoms. The van der Waals surface area contributed by atoms with Crippen LogP contribution >= 0.6 is 0 Å². The molecule has 0 fully saturated rings. The van der Waals surface area contributed by atoms with E-state index in [0.29, 0.717) is 18.7 Å². The third-order valence-electron chi connectivity index (χ3n) is 3.75. The highest BCUT2D eigenvalue weighted by molar-refractivity contribution is 5.87. The van der Waals surface area contributed by atoms with Gasteiger partial charge in [0.15, 0.2) is 0 Å². The monoisotopic (exact) mass is 337 g/mol. The molecule has 0 aliphatic rings. The van der Waals surface area contributed by atoms with E-state index in [1.54, 1.807) is 25.3 Å². The van der Waals surface area contributed by atoms with E-state index in [4.69, 9.17) is 4.42 Å². The summed E-state index contributed by atoms with van der Waals surface area (Å²) in [6.45, 7) is 9.41. The molecule has 6 heteroatoms. The molecular formula is C18H31N3O3. The number of furan rings is 1. The molecule has 0 aliphatic heterocycles. The zero-order chi connectivity index (χ0) is 17.8. The quantitative estimate of drug-likeness (QED) is 0.614. The van der Waals surface area contributed by atoms with Gasteiger partial charge in [0.2, 0.25) is 11.8 Å². The number of carbonyl (C=O) groups excluding carboxylic acids is 2. The van der Waals surface area contributed by atoms with Crippen LogP contribution in [0.25, 0.3) is 0 Å². The van der Waals surface area contributed by atoms with Crippen molar-refractivity contribution >= 4 is 11.8 Å². The Bertz CT molecular complexity index is 468. The molecule has 2 amide bonds. The van der Waals surface area contributed by atoms with Crippen LogP contribution in [0.2, 0.25) is 0 Å². The van der Waals surface area contributed by atoms with Gasteiger partial charge in [0.05, 0.1) is 12.8 Å². The van der Waals surface area contributed by atoms with Crippen molar-refractivity contribution in [1.82, 2.24) is 15.5 Å². The summed E-state index contributed by atoms with van der Waals surface area (Å²) in [7, 11) is 0. The number of nitrogens with zero attached hydrogens (tertiary/aromatic N) is 1. The second kappa shape index (κ2) is 11.7. The highest BCUT2D eigenvalue weighted by Gasteiger charge is 2.15. The fourth-order valence-electron chi connectivity index (χ4n) is 2.55. The number of nitrogens with one attached hydrogen (secondary N) is 2. The molecule has 6 nitrogen and oxygen atoms in total. The molecule has 2 N–H and O–H groups in total. The van der Waals surface area contributed by atoms with Crippen LogP contribution in [0.15, 0.2) is 22.8 Å². The van der Waals surface area contributed by atoms with Crippen molar-refractivity contribution in [1.29, 1.82) is 0 Å². The lowest BCUT2D eigenvalue weighted by atomic mass is 10.2. The highest BCUT2D eigenvalue weighted by atomic mass is 16.3. The maximum Gasteiger partial charge on any atom is 0.242 e. The lowest BCUT2D eigenvalue weighted by Gasteiger charge is -2.20. The molecule has 0 saturated heterocycles. The van der Waals surface area contributed by atoms with E-state index in [-0.39, 0.29) is 11.8 Å². The van der Waals surface area contributed by atoms with Crippen molar-refractivity contribution in [2.75, 3.05) is 19.6 Å². The molecule has 1 rings (SSSR count). The average Bonchev–Trinajstić information content (AvgIpc) is 3.06. The van der Waals surface area contributed by atoms with Gasteiger partial charge in [0.25, 0.3) is 0 Å². The molecule has 0 unspecified atom stereocenters. The minimum Gasteiger partial charge on any atom is -0.467 e. The first kappa shape index (κ1) is 20.2. The van der Waals surface area contributed by atoms with Crippen molar-refractivity contribution in [3.05, 3.63) is 24.2 Å². The van der Waals surface area contributed by atoms with Crippen LogP contribution in [0.5, 0.6) is 0 Å². The van der Waals surface area contributed by atoms with Gasteiger partial charge in [0, 0.05) is 6.42 Å². The van der Waals surface area contributed by atoms with E-state index >= 15 is 0 Å². The zero-order valence-corrected chi connectivity index (χ0v) is 15.1. The molecule has 1 atom stereocenters. The Balaban J connectivity index is 2.21. The molecule has 1 aromatic rings. The average molecular weight is 337 g/mol. The highest BCUT2D eigenvalue weighted by Crippen LogP contribution is 2.01. The molecule has 0 saturated carbocycles. The van der Waals surface area contributed by atoms with Gasteiger partial charge in [0.1, 0.15) is 11.8 Å². The summed E-state index contributed by atoms with van der Waals surface area (Å²) in [6.07, 6.45) is 5.07. The number of carbonyl (C=O) groups is 2. The Hall–Kier alpha value is -1.82. The Morgan fingerprint density at radius 1 is 1.21 bits per heavy atom. The smallest absolute Gasteiger partial charge is 0.242 e. The maximum absolute atomic E-state index is 12.0. The summed E-state index contributed by atoms with van der Waals surface area (Å²) < 4.78 is 5.15. The van der Waals surface area contributed by atoms with Crippen LogP contribution < -0.4 is 10.6 Å². The summed E-state index contributed by atoms with van der Waals surface area (Å²) in [6, 6.07) is 3.02. The minimum atomic E-state index is -0.546. The van der Waals surface area contributed by atoms with Crippen molar-refractivity contribution in [2.45, 2.75) is 59.0 Å². The van der Waals surface area contributed by atoms with Gasteiger partial charge < -0.3 is 20.0 Å². The normalized spacial score (nSPS) is 12.2. The van der Waals surface area contributed by atoms with Gasteiger partial charge in [-0.15, -0.1) is 0 Å². The first-order valence-corrected chi connectivity index (χ1v) is 8.88. The van der Waals surface area contributed by atoms with Crippen molar-refractivity contribution in [3.63, 3.8) is 0 Å². The van der Waals surface area contributed by atoms with E-state index in [1.807, 2.05) is 0 Å². The van der Waals surface area contributed by atoms with Gasteiger partial charge >= 0.3 is 0 Å². The summed E-state index contributed by atoms with van der Waals surface area (Å²) in [5.41, 5.74) is 0. The maximum atomic E-state index is 12.0. The molecule has 0 aliphatic carbocycles. The Kier molecular flexibility index (Phi) is 9.84. The molecule has 136 valence electrons. The molecular weight excluding hydrogens is 306 g/mol. The summed E-state index contributed by atoms with van der Waals surface area (Å²) in [5.74, 6) is 0.399. The van der Waals surface area contributed by atoms with Crippen LogP contribution in [-0.2, 0) is 16.1 Å². The summed E-state index contributed by atoms with van der Waals surface area (Å²) >= 11 is 0. The van der Waals surface area contributed by atoms with E-state index in [9.17, 15) is 9.59 Å². The van der Waals surface area contributed by atoms with Gasteiger partial charge in [-0.3, -0.25) is 9.59 Å². The minimum absolute atomic E-state index is 0.0800. The molecule has 24 heavy (non-hydrogen) atoms. The third-order valence-corrected chi connectivity index (χ3v) is 3.75. The lowest BCUT2D eigenvalue weighted by Crippen LogP contribution is -2.44. The van der Waals surface area contributed by atoms with Crippen molar-refractivity contribution < 1.29 is 14.0 Å². The summed E-state index contributed by atoms with van der Waals surface area (Å²) in [4.78, 5) is 26.3. The molecule has 0 radical (unpaired) electrons. The first-order chi connectivity index (χ1) is 11.6. The van der Waals surface area contributed by atoms with E-state index in [0.717, 1.165) is 38.9 Å². The Labute approximate surface area is 145 Å². The number of rotatable bonds is 12. The van der Waals surface area contributed by atoms with E-state index in [1.165, 1.54) is 0 Å². The predicted octanol–water partition coefficient (Wildman–Crippen LogP) is 2.30. The topological polar surface area (TPSA) is 74.6 Å². The Morgan fingerprint density at radius 2 is 1.92 bits per heavy atom. The molecule has 0 aromatic carbocycles. The van der Waals surface area contributed by atoms with Crippen molar-refractivity contribution in [3.8, 4) is 0 Å². The fourth-order valence-corrected chi connectivity index (χ4v) is 2.55. The molecule has 1 aromatic heterocycles. The predicted molar refractivity (Wildman–Crippen MR) is 94.4 cm³/mol. The molecule has 1 heterocycles. The molecule has 0 spiro atoms. The van der Waals surface area contributed by atoms with E-state index in [2.05, 4.69) is 29.4 Å².